The number of aryl methyl sites for hydroxylation is 1. The van der Waals surface area contributed by atoms with Gasteiger partial charge in [0, 0.05) is 37.9 Å². The summed E-state index contributed by atoms with van der Waals surface area (Å²) in [5.41, 5.74) is 3.71. The average molecular weight is 442 g/mol. The number of carbonyl (C=O) groups excluding carboxylic acids is 1. The highest BCUT2D eigenvalue weighted by molar-refractivity contribution is 6.00. The molecule has 2 heterocycles. The lowest BCUT2D eigenvalue weighted by molar-refractivity contribution is -0.145. The fourth-order valence-corrected chi connectivity index (χ4v) is 4.04. The summed E-state index contributed by atoms with van der Waals surface area (Å²) in [7, 11) is 0. The molecule has 32 heavy (non-hydrogen) atoms. The zero-order valence-corrected chi connectivity index (χ0v) is 17.8. The van der Waals surface area contributed by atoms with Crippen LogP contribution in [0.3, 0.4) is 0 Å². The van der Waals surface area contributed by atoms with Gasteiger partial charge in [-0.25, -0.2) is 4.68 Å². The van der Waals surface area contributed by atoms with Crippen molar-refractivity contribution in [2.24, 2.45) is 0 Å². The fraction of sp³-hybridized carbons (Fsp3) is 0.333. The predicted molar refractivity (Wildman–Crippen MR) is 117 cm³/mol. The molecule has 0 unspecified atom stereocenters. The highest BCUT2D eigenvalue weighted by Gasteiger charge is 2.32. The topological polar surface area (TPSA) is 41.4 Å². The van der Waals surface area contributed by atoms with Gasteiger partial charge >= 0.3 is 6.18 Å². The first-order valence-corrected chi connectivity index (χ1v) is 10.6. The van der Waals surface area contributed by atoms with Gasteiger partial charge in [0.25, 0.3) is 5.91 Å². The minimum Gasteiger partial charge on any atom is -0.337 e. The Morgan fingerprint density at radius 2 is 1.69 bits per heavy atom. The summed E-state index contributed by atoms with van der Waals surface area (Å²) < 4.78 is 40.1. The van der Waals surface area contributed by atoms with Crippen molar-refractivity contribution < 1.29 is 18.0 Å². The molecule has 2 aromatic carbocycles. The summed E-state index contributed by atoms with van der Waals surface area (Å²) in [5, 5.41) is 4.72. The molecule has 1 aliphatic rings. The Kier molecular flexibility index (Phi) is 6.32. The summed E-state index contributed by atoms with van der Waals surface area (Å²) in [5.74, 6) is -0.209. The first-order chi connectivity index (χ1) is 15.3. The van der Waals surface area contributed by atoms with E-state index >= 15 is 0 Å². The molecule has 0 atom stereocenters. The summed E-state index contributed by atoms with van der Waals surface area (Å²) in [4.78, 5) is 16.5. The predicted octanol–water partition coefficient (Wildman–Crippen LogP) is 4.56. The van der Waals surface area contributed by atoms with E-state index in [0.717, 1.165) is 16.8 Å². The third kappa shape index (κ3) is 5.02. The maximum atomic E-state index is 13.5. The van der Waals surface area contributed by atoms with E-state index in [1.807, 2.05) is 61.5 Å². The summed E-state index contributed by atoms with van der Waals surface area (Å²) >= 11 is 0. The van der Waals surface area contributed by atoms with E-state index in [9.17, 15) is 18.0 Å². The first kappa shape index (κ1) is 22.1. The molecular weight excluding hydrogens is 417 g/mol. The summed E-state index contributed by atoms with van der Waals surface area (Å²) in [6.07, 6.45) is -2.03. The lowest BCUT2D eigenvalue weighted by atomic mass is 10.0. The van der Waals surface area contributed by atoms with Crippen LogP contribution in [0.25, 0.3) is 16.9 Å². The number of hydrogen-bond acceptors (Lipinski definition) is 3. The lowest BCUT2D eigenvalue weighted by Gasteiger charge is -2.22. The van der Waals surface area contributed by atoms with E-state index in [2.05, 4.69) is 0 Å². The number of amides is 1. The van der Waals surface area contributed by atoms with Gasteiger partial charge in [0.2, 0.25) is 0 Å². The van der Waals surface area contributed by atoms with Gasteiger partial charge in [-0.3, -0.25) is 9.69 Å². The fourth-order valence-electron chi connectivity index (χ4n) is 4.04. The zero-order chi connectivity index (χ0) is 22.7. The molecule has 3 aromatic rings. The number of hydrogen-bond donors (Lipinski definition) is 0. The standard InChI is InChI=1S/C24H25F3N4O/c1-18-8-5-6-11-20(18)22-21(16-31(28-22)19-9-3-2-4-10-19)23(32)30-13-7-12-29(14-15-30)17-24(25,26)27/h2-6,8-11,16H,7,12-15,17H2,1H3. The molecular formula is C24H25F3N4O. The van der Waals surface area contributed by atoms with Crippen molar-refractivity contribution >= 4 is 5.91 Å². The minimum atomic E-state index is -4.24. The van der Waals surface area contributed by atoms with Gasteiger partial charge in [-0.2, -0.15) is 18.3 Å². The largest absolute Gasteiger partial charge is 0.401 e. The number of rotatable bonds is 4. The van der Waals surface area contributed by atoms with Crippen LogP contribution < -0.4 is 0 Å². The quantitative estimate of drug-likeness (QED) is 0.595. The third-order valence-corrected chi connectivity index (χ3v) is 5.64. The highest BCUT2D eigenvalue weighted by Crippen LogP contribution is 2.28. The second-order valence-electron chi connectivity index (χ2n) is 8.02. The van der Waals surface area contributed by atoms with Crippen molar-refractivity contribution in [3.05, 3.63) is 71.9 Å². The third-order valence-electron chi connectivity index (χ3n) is 5.64. The SMILES string of the molecule is Cc1ccccc1-c1nn(-c2ccccc2)cc1C(=O)N1CCCN(CC(F)(F)F)CC1. The minimum absolute atomic E-state index is 0.192. The van der Waals surface area contributed by atoms with Crippen molar-refractivity contribution in [1.29, 1.82) is 0 Å². The van der Waals surface area contributed by atoms with Crippen LogP contribution in [0.2, 0.25) is 0 Å². The molecule has 0 radical (unpaired) electrons. The maximum Gasteiger partial charge on any atom is 0.401 e. The van der Waals surface area contributed by atoms with Gasteiger partial charge in [-0.15, -0.1) is 0 Å². The number of benzene rings is 2. The van der Waals surface area contributed by atoms with Crippen molar-refractivity contribution in [2.75, 3.05) is 32.7 Å². The Hall–Kier alpha value is -3.13. The zero-order valence-electron chi connectivity index (χ0n) is 17.8. The number of para-hydroxylation sites is 1. The van der Waals surface area contributed by atoms with Crippen LogP contribution in [0.15, 0.2) is 60.8 Å². The van der Waals surface area contributed by atoms with E-state index < -0.39 is 12.7 Å². The second kappa shape index (κ2) is 9.16. The van der Waals surface area contributed by atoms with Crippen LogP contribution in [-0.4, -0.2) is 64.4 Å². The van der Waals surface area contributed by atoms with Crippen LogP contribution >= 0.6 is 0 Å². The molecule has 0 bridgehead atoms. The van der Waals surface area contributed by atoms with Crippen LogP contribution in [0.5, 0.6) is 0 Å². The van der Waals surface area contributed by atoms with Crippen molar-refractivity contribution in [3.8, 4) is 16.9 Å². The summed E-state index contributed by atoms with van der Waals surface area (Å²) in [6, 6.07) is 17.2. The van der Waals surface area contributed by atoms with Gasteiger partial charge in [-0.05, 0) is 31.0 Å². The molecule has 0 N–H and O–H groups in total. The summed E-state index contributed by atoms with van der Waals surface area (Å²) in [6.45, 7) is 2.19. The van der Waals surface area contributed by atoms with E-state index in [4.69, 9.17) is 5.10 Å². The van der Waals surface area contributed by atoms with Gasteiger partial charge in [0.05, 0.1) is 17.8 Å². The molecule has 168 valence electrons. The molecule has 1 aliphatic heterocycles. The molecule has 0 aliphatic carbocycles. The van der Waals surface area contributed by atoms with Gasteiger partial charge < -0.3 is 4.90 Å². The lowest BCUT2D eigenvalue weighted by Crippen LogP contribution is -2.38. The van der Waals surface area contributed by atoms with Crippen LogP contribution in [0.1, 0.15) is 22.3 Å². The maximum absolute atomic E-state index is 13.5. The Balaban J connectivity index is 1.65. The molecule has 1 saturated heterocycles. The Bertz CT molecular complexity index is 1080. The van der Waals surface area contributed by atoms with E-state index in [0.29, 0.717) is 30.8 Å². The van der Waals surface area contributed by atoms with E-state index in [-0.39, 0.29) is 19.0 Å². The molecule has 1 amide bonds. The number of nitrogens with zero attached hydrogens (tertiary/aromatic N) is 4. The number of halogens is 3. The van der Waals surface area contributed by atoms with Gasteiger partial charge in [0.15, 0.2) is 0 Å². The van der Waals surface area contributed by atoms with Crippen LogP contribution in [-0.2, 0) is 0 Å². The second-order valence-corrected chi connectivity index (χ2v) is 8.02. The molecule has 1 fully saturated rings. The van der Waals surface area contributed by atoms with Crippen molar-refractivity contribution in [2.45, 2.75) is 19.5 Å². The van der Waals surface area contributed by atoms with Crippen molar-refractivity contribution in [1.82, 2.24) is 19.6 Å². The Morgan fingerprint density at radius 3 is 2.41 bits per heavy atom. The smallest absolute Gasteiger partial charge is 0.337 e. The molecule has 8 heteroatoms. The first-order valence-electron chi connectivity index (χ1n) is 10.6. The number of alkyl halides is 3. The van der Waals surface area contributed by atoms with Crippen LogP contribution in [0.4, 0.5) is 13.2 Å². The normalized spacial score (nSPS) is 15.6. The van der Waals surface area contributed by atoms with E-state index in [1.165, 1.54) is 4.90 Å². The van der Waals surface area contributed by atoms with E-state index in [1.54, 1.807) is 15.8 Å². The highest BCUT2D eigenvalue weighted by atomic mass is 19.4. The van der Waals surface area contributed by atoms with Crippen molar-refractivity contribution in [3.63, 3.8) is 0 Å². The molecule has 0 saturated carbocycles. The molecule has 1 aromatic heterocycles. The Morgan fingerprint density at radius 1 is 0.969 bits per heavy atom. The molecule has 0 spiro atoms. The monoisotopic (exact) mass is 442 g/mol. The Labute approximate surface area is 185 Å². The van der Waals surface area contributed by atoms with Gasteiger partial charge in [-0.1, -0.05) is 42.5 Å². The average Bonchev–Trinajstić information content (AvgIpc) is 3.08. The van der Waals surface area contributed by atoms with Gasteiger partial charge in [0.1, 0.15) is 5.69 Å². The number of carbonyl (C=O) groups is 1. The number of aromatic nitrogens is 2. The van der Waals surface area contributed by atoms with Crippen LogP contribution in [0, 0.1) is 6.92 Å². The molecule has 4 rings (SSSR count). The molecule has 5 nitrogen and oxygen atoms in total.